The van der Waals surface area contributed by atoms with Gasteiger partial charge in [-0.1, -0.05) is 12.1 Å². The molecule has 2 aromatic rings. The van der Waals surface area contributed by atoms with Gasteiger partial charge in [-0.15, -0.1) is 0 Å². The molecule has 0 unspecified atom stereocenters. The van der Waals surface area contributed by atoms with Gasteiger partial charge in [-0.2, -0.15) is 0 Å². The topological polar surface area (TPSA) is 81.8 Å². The van der Waals surface area contributed by atoms with Crippen LogP contribution >= 0.6 is 0 Å². The molecule has 3 N–H and O–H groups in total. The normalized spacial score (nSPS) is 10.1. The molecule has 0 atom stereocenters. The second-order valence-corrected chi connectivity index (χ2v) is 4.16. The van der Waals surface area contributed by atoms with Crippen LogP contribution in [-0.2, 0) is 4.79 Å². The summed E-state index contributed by atoms with van der Waals surface area (Å²) in [5.41, 5.74) is 8.40. The van der Waals surface area contributed by atoms with Crippen LogP contribution in [0.3, 0.4) is 0 Å². The van der Waals surface area contributed by atoms with Crippen LogP contribution in [0.5, 0.6) is 11.5 Å². The molecule has 0 aliphatic heterocycles. The van der Waals surface area contributed by atoms with E-state index in [4.69, 9.17) is 20.3 Å². The lowest BCUT2D eigenvalue weighted by Crippen LogP contribution is -2.09. The number of aliphatic carboxylic acids is 1. The van der Waals surface area contributed by atoms with Gasteiger partial charge in [-0.25, -0.2) is 4.79 Å². The molecule has 0 bridgehead atoms. The summed E-state index contributed by atoms with van der Waals surface area (Å²) < 4.78 is 10.2. The maximum atomic E-state index is 10.4. The third-order valence-corrected chi connectivity index (χ3v) is 2.79. The summed E-state index contributed by atoms with van der Waals surface area (Å²) in [6.07, 6.45) is 0. The molecule has 2 aromatic carbocycles. The number of nitrogen functional groups attached to an aromatic ring is 1. The van der Waals surface area contributed by atoms with Crippen LogP contribution in [0.4, 0.5) is 5.69 Å². The quantitative estimate of drug-likeness (QED) is 0.817. The van der Waals surface area contributed by atoms with E-state index in [0.717, 1.165) is 11.1 Å². The van der Waals surface area contributed by atoms with Crippen molar-refractivity contribution in [2.75, 3.05) is 19.5 Å². The van der Waals surface area contributed by atoms with E-state index >= 15 is 0 Å². The third-order valence-electron chi connectivity index (χ3n) is 2.79. The van der Waals surface area contributed by atoms with Gasteiger partial charge in [0.1, 0.15) is 11.5 Å². The molecule has 0 heterocycles. The van der Waals surface area contributed by atoms with Crippen molar-refractivity contribution >= 4 is 11.7 Å². The lowest BCUT2D eigenvalue weighted by molar-refractivity contribution is -0.139. The van der Waals surface area contributed by atoms with Crippen molar-refractivity contribution < 1.29 is 19.4 Å². The largest absolute Gasteiger partial charge is 0.497 e. The Balaban J connectivity index is 2.19. The molecule has 20 heavy (non-hydrogen) atoms. The summed E-state index contributed by atoms with van der Waals surface area (Å²) in [6, 6.07) is 12.5. The second kappa shape index (κ2) is 5.97. The Kier molecular flexibility index (Phi) is 4.10. The highest BCUT2D eigenvalue weighted by Gasteiger charge is 2.05. The molecular weight excluding hydrogens is 258 g/mol. The smallest absolute Gasteiger partial charge is 0.341 e. The Morgan fingerprint density at radius 1 is 1.15 bits per heavy atom. The highest BCUT2D eigenvalue weighted by molar-refractivity contribution is 5.77. The molecule has 5 heteroatoms. The minimum Gasteiger partial charge on any atom is -0.497 e. The summed E-state index contributed by atoms with van der Waals surface area (Å²) in [6.45, 7) is -0.357. The minimum atomic E-state index is -1.01. The van der Waals surface area contributed by atoms with Gasteiger partial charge in [0.15, 0.2) is 6.61 Å². The molecule has 0 aromatic heterocycles. The molecule has 0 aliphatic carbocycles. The van der Waals surface area contributed by atoms with Gasteiger partial charge in [0.05, 0.1) is 7.11 Å². The SMILES string of the molecule is COc1ccc(-c2ccc(OCC(=O)O)cc2)c(N)c1. The van der Waals surface area contributed by atoms with Gasteiger partial charge in [0, 0.05) is 17.3 Å². The van der Waals surface area contributed by atoms with Crippen LogP contribution in [0.1, 0.15) is 0 Å². The van der Waals surface area contributed by atoms with E-state index < -0.39 is 5.97 Å². The van der Waals surface area contributed by atoms with Crippen molar-refractivity contribution in [3.63, 3.8) is 0 Å². The van der Waals surface area contributed by atoms with Gasteiger partial charge in [0.2, 0.25) is 0 Å². The number of anilines is 1. The van der Waals surface area contributed by atoms with Crippen molar-refractivity contribution in [3.05, 3.63) is 42.5 Å². The Morgan fingerprint density at radius 3 is 2.35 bits per heavy atom. The molecular formula is C15H15NO4. The van der Waals surface area contributed by atoms with E-state index in [1.54, 1.807) is 25.3 Å². The van der Waals surface area contributed by atoms with Crippen LogP contribution < -0.4 is 15.2 Å². The summed E-state index contributed by atoms with van der Waals surface area (Å²) in [5, 5.41) is 8.54. The minimum absolute atomic E-state index is 0.357. The maximum absolute atomic E-state index is 10.4. The fourth-order valence-corrected chi connectivity index (χ4v) is 1.81. The first kappa shape index (κ1) is 13.7. The van der Waals surface area contributed by atoms with E-state index in [-0.39, 0.29) is 6.61 Å². The number of rotatable bonds is 5. The molecule has 0 saturated carbocycles. The first-order chi connectivity index (χ1) is 9.60. The van der Waals surface area contributed by atoms with Crippen molar-refractivity contribution in [2.24, 2.45) is 0 Å². The van der Waals surface area contributed by atoms with Crippen molar-refractivity contribution in [1.29, 1.82) is 0 Å². The zero-order valence-corrected chi connectivity index (χ0v) is 11.0. The average Bonchev–Trinajstić information content (AvgIpc) is 2.45. The number of nitrogens with two attached hydrogens (primary N) is 1. The number of carboxylic acid groups (broad SMARTS) is 1. The first-order valence-corrected chi connectivity index (χ1v) is 5.98. The zero-order valence-electron chi connectivity index (χ0n) is 11.0. The van der Waals surface area contributed by atoms with E-state index in [9.17, 15) is 4.79 Å². The van der Waals surface area contributed by atoms with E-state index in [2.05, 4.69) is 0 Å². The number of ether oxygens (including phenoxy) is 2. The zero-order chi connectivity index (χ0) is 14.5. The number of carbonyl (C=O) groups is 1. The molecule has 0 fully saturated rings. The van der Waals surface area contributed by atoms with Gasteiger partial charge in [-0.3, -0.25) is 0 Å². The van der Waals surface area contributed by atoms with Crippen LogP contribution in [0, 0.1) is 0 Å². The van der Waals surface area contributed by atoms with Gasteiger partial charge in [0.25, 0.3) is 0 Å². The maximum Gasteiger partial charge on any atom is 0.341 e. The Labute approximate surface area is 116 Å². The molecule has 0 radical (unpaired) electrons. The van der Waals surface area contributed by atoms with Crippen LogP contribution in [-0.4, -0.2) is 24.8 Å². The molecule has 0 spiro atoms. The standard InChI is InChI=1S/C15H15NO4/c1-19-12-6-7-13(14(16)8-12)10-2-4-11(5-3-10)20-9-15(17)18/h2-8H,9,16H2,1H3,(H,17,18). The molecule has 2 rings (SSSR count). The predicted octanol–water partition coefficient (Wildman–Crippen LogP) is 2.41. The first-order valence-electron chi connectivity index (χ1n) is 5.98. The van der Waals surface area contributed by atoms with Crippen LogP contribution in [0.2, 0.25) is 0 Å². The molecule has 0 aliphatic rings. The number of hydrogen-bond donors (Lipinski definition) is 2. The number of methoxy groups -OCH3 is 1. The van der Waals surface area contributed by atoms with Crippen LogP contribution in [0.15, 0.2) is 42.5 Å². The fraction of sp³-hybridized carbons (Fsp3) is 0.133. The van der Waals surface area contributed by atoms with Crippen molar-refractivity contribution in [1.82, 2.24) is 0 Å². The Hall–Kier alpha value is -2.69. The summed E-state index contributed by atoms with van der Waals surface area (Å²) >= 11 is 0. The predicted molar refractivity (Wildman–Crippen MR) is 76.0 cm³/mol. The summed E-state index contributed by atoms with van der Waals surface area (Å²) in [7, 11) is 1.59. The van der Waals surface area contributed by atoms with Gasteiger partial charge in [-0.05, 0) is 29.8 Å². The van der Waals surface area contributed by atoms with Crippen LogP contribution in [0.25, 0.3) is 11.1 Å². The van der Waals surface area contributed by atoms with E-state index in [0.29, 0.717) is 17.2 Å². The lowest BCUT2D eigenvalue weighted by Gasteiger charge is -2.09. The number of carboxylic acids is 1. The molecule has 5 nitrogen and oxygen atoms in total. The molecule has 104 valence electrons. The average molecular weight is 273 g/mol. The van der Waals surface area contributed by atoms with Crippen molar-refractivity contribution in [3.8, 4) is 22.6 Å². The Bertz CT molecular complexity index is 608. The molecule has 0 saturated heterocycles. The Morgan fingerprint density at radius 2 is 1.80 bits per heavy atom. The number of benzene rings is 2. The summed E-state index contributed by atoms with van der Waals surface area (Å²) in [4.78, 5) is 10.4. The van der Waals surface area contributed by atoms with E-state index in [1.165, 1.54) is 0 Å². The highest BCUT2D eigenvalue weighted by Crippen LogP contribution is 2.30. The third kappa shape index (κ3) is 3.20. The fourth-order valence-electron chi connectivity index (χ4n) is 1.81. The monoisotopic (exact) mass is 273 g/mol. The lowest BCUT2D eigenvalue weighted by atomic mass is 10.0. The highest BCUT2D eigenvalue weighted by atomic mass is 16.5. The summed E-state index contributed by atoms with van der Waals surface area (Å²) in [5.74, 6) is 0.198. The van der Waals surface area contributed by atoms with Gasteiger partial charge >= 0.3 is 5.97 Å². The second-order valence-electron chi connectivity index (χ2n) is 4.16. The van der Waals surface area contributed by atoms with Crippen molar-refractivity contribution in [2.45, 2.75) is 0 Å². The van der Waals surface area contributed by atoms with Gasteiger partial charge < -0.3 is 20.3 Å². The number of hydrogen-bond acceptors (Lipinski definition) is 4. The van der Waals surface area contributed by atoms with E-state index in [1.807, 2.05) is 24.3 Å². The molecule has 0 amide bonds.